The first-order chi connectivity index (χ1) is 9.15. The number of aromatic nitrogens is 2. The van der Waals surface area contributed by atoms with Crippen LogP contribution in [-0.4, -0.2) is 41.0 Å². The van der Waals surface area contributed by atoms with E-state index >= 15 is 0 Å². The molecule has 1 N–H and O–H groups in total. The molecule has 0 spiro atoms. The standard InChI is InChI=1S/C15H22N4/c1-12(2)16-8-9-19(3)11-13-4-5-14-15(10-13)18-7-6-17-14/h4-7,10,12,16H,8-9,11H2,1-3H3. The molecule has 0 bridgehead atoms. The van der Waals surface area contributed by atoms with Crippen molar-refractivity contribution >= 4 is 11.0 Å². The van der Waals surface area contributed by atoms with Crippen LogP contribution in [0.15, 0.2) is 30.6 Å². The maximum atomic E-state index is 4.34. The molecule has 2 aromatic rings. The van der Waals surface area contributed by atoms with Crippen LogP contribution in [-0.2, 0) is 6.54 Å². The third-order valence-electron chi connectivity index (χ3n) is 3.03. The summed E-state index contributed by atoms with van der Waals surface area (Å²) in [6.45, 7) is 7.33. The molecule has 4 heteroatoms. The Bertz CT molecular complexity index is 524. The van der Waals surface area contributed by atoms with Gasteiger partial charge in [0.2, 0.25) is 0 Å². The van der Waals surface area contributed by atoms with Crippen molar-refractivity contribution in [1.82, 2.24) is 20.2 Å². The summed E-state index contributed by atoms with van der Waals surface area (Å²) in [6, 6.07) is 6.83. The molecule has 0 aliphatic rings. The largest absolute Gasteiger partial charge is 0.313 e. The Morgan fingerprint density at radius 2 is 1.89 bits per heavy atom. The third-order valence-corrected chi connectivity index (χ3v) is 3.03. The van der Waals surface area contributed by atoms with Crippen LogP contribution < -0.4 is 5.32 Å². The molecule has 2 rings (SSSR count). The molecule has 0 unspecified atom stereocenters. The van der Waals surface area contributed by atoms with Gasteiger partial charge in [0.05, 0.1) is 11.0 Å². The van der Waals surface area contributed by atoms with E-state index in [2.05, 4.69) is 53.2 Å². The molecule has 0 radical (unpaired) electrons. The van der Waals surface area contributed by atoms with Gasteiger partial charge in [-0.15, -0.1) is 0 Å². The normalized spacial score (nSPS) is 11.6. The van der Waals surface area contributed by atoms with Gasteiger partial charge in [-0.25, -0.2) is 0 Å². The van der Waals surface area contributed by atoms with Crippen LogP contribution in [0.2, 0.25) is 0 Å². The number of benzene rings is 1. The summed E-state index contributed by atoms with van der Waals surface area (Å²) in [5, 5.41) is 3.43. The monoisotopic (exact) mass is 258 g/mol. The van der Waals surface area contributed by atoms with E-state index in [1.54, 1.807) is 12.4 Å². The van der Waals surface area contributed by atoms with Gasteiger partial charge < -0.3 is 10.2 Å². The molecule has 0 saturated carbocycles. The number of nitrogens with one attached hydrogen (secondary N) is 1. The van der Waals surface area contributed by atoms with E-state index < -0.39 is 0 Å². The van der Waals surface area contributed by atoms with Crippen LogP contribution >= 0.6 is 0 Å². The predicted molar refractivity (Wildman–Crippen MR) is 79.0 cm³/mol. The van der Waals surface area contributed by atoms with Crippen molar-refractivity contribution in [1.29, 1.82) is 0 Å². The van der Waals surface area contributed by atoms with Gasteiger partial charge in [0.1, 0.15) is 0 Å². The van der Waals surface area contributed by atoms with Crippen molar-refractivity contribution in [3.63, 3.8) is 0 Å². The third kappa shape index (κ3) is 4.26. The van der Waals surface area contributed by atoms with Gasteiger partial charge in [-0.1, -0.05) is 19.9 Å². The molecule has 4 nitrogen and oxygen atoms in total. The summed E-state index contributed by atoms with van der Waals surface area (Å²) >= 11 is 0. The molecule has 1 aromatic carbocycles. The summed E-state index contributed by atoms with van der Waals surface area (Å²) < 4.78 is 0. The molecule has 0 atom stereocenters. The summed E-state index contributed by atoms with van der Waals surface area (Å²) in [4.78, 5) is 10.9. The van der Waals surface area contributed by atoms with Gasteiger partial charge in [0.25, 0.3) is 0 Å². The highest BCUT2D eigenvalue weighted by Crippen LogP contribution is 2.12. The maximum Gasteiger partial charge on any atom is 0.0890 e. The van der Waals surface area contributed by atoms with E-state index in [1.807, 2.05) is 6.07 Å². The fraction of sp³-hybridized carbons (Fsp3) is 0.467. The van der Waals surface area contributed by atoms with E-state index in [1.165, 1.54) is 5.56 Å². The van der Waals surface area contributed by atoms with E-state index in [9.17, 15) is 0 Å². The van der Waals surface area contributed by atoms with E-state index in [4.69, 9.17) is 0 Å². The number of nitrogens with zero attached hydrogens (tertiary/aromatic N) is 3. The number of likely N-dealkylation sites (N-methyl/N-ethyl adjacent to an activating group) is 1. The summed E-state index contributed by atoms with van der Waals surface area (Å²) in [5.74, 6) is 0. The van der Waals surface area contributed by atoms with E-state index in [0.29, 0.717) is 6.04 Å². The minimum atomic E-state index is 0.546. The summed E-state index contributed by atoms with van der Waals surface area (Å²) in [6.07, 6.45) is 3.47. The highest BCUT2D eigenvalue weighted by Gasteiger charge is 2.03. The zero-order chi connectivity index (χ0) is 13.7. The summed E-state index contributed by atoms with van der Waals surface area (Å²) in [7, 11) is 2.14. The van der Waals surface area contributed by atoms with Crippen molar-refractivity contribution in [2.24, 2.45) is 0 Å². The Morgan fingerprint density at radius 1 is 1.16 bits per heavy atom. The molecule has 1 aromatic heterocycles. The van der Waals surface area contributed by atoms with Gasteiger partial charge in [-0.2, -0.15) is 0 Å². The van der Waals surface area contributed by atoms with E-state index in [-0.39, 0.29) is 0 Å². The number of fused-ring (bicyclic) bond motifs is 1. The highest BCUT2D eigenvalue weighted by atomic mass is 15.1. The van der Waals surface area contributed by atoms with Crippen molar-refractivity contribution in [2.75, 3.05) is 20.1 Å². The molecule has 0 aliphatic heterocycles. The lowest BCUT2D eigenvalue weighted by Crippen LogP contribution is -2.32. The first kappa shape index (κ1) is 13.9. The van der Waals surface area contributed by atoms with Crippen LogP contribution in [0.3, 0.4) is 0 Å². The quantitative estimate of drug-likeness (QED) is 0.861. The van der Waals surface area contributed by atoms with Gasteiger partial charge >= 0.3 is 0 Å². The lowest BCUT2D eigenvalue weighted by Gasteiger charge is -2.18. The molecule has 0 amide bonds. The average Bonchev–Trinajstić information content (AvgIpc) is 2.38. The lowest BCUT2D eigenvalue weighted by atomic mass is 10.2. The van der Waals surface area contributed by atoms with Crippen molar-refractivity contribution in [2.45, 2.75) is 26.4 Å². The Kier molecular flexibility index (Phi) is 4.82. The molecule has 0 aliphatic carbocycles. The fourth-order valence-corrected chi connectivity index (χ4v) is 2.04. The maximum absolute atomic E-state index is 4.34. The van der Waals surface area contributed by atoms with Crippen molar-refractivity contribution in [3.8, 4) is 0 Å². The fourth-order valence-electron chi connectivity index (χ4n) is 2.04. The smallest absolute Gasteiger partial charge is 0.0890 e. The first-order valence-corrected chi connectivity index (χ1v) is 6.77. The first-order valence-electron chi connectivity index (χ1n) is 6.77. The number of hydrogen-bond donors (Lipinski definition) is 1. The Balaban J connectivity index is 1.93. The van der Waals surface area contributed by atoms with E-state index in [0.717, 1.165) is 30.7 Å². The predicted octanol–water partition coefficient (Wildman–Crippen LogP) is 2.06. The minimum Gasteiger partial charge on any atom is -0.313 e. The molecule has 0 saturated heterocycles. The Morgan fingerprint density at radius 3 is 2.63 bits per heavy atom. The molecule has 19 heavy (non-hydrogen) atoms. The molecular formula is C15H22N4. The van der Waals surface area contributed by atoms with Crippen LogP contribution in [0, 0.1) is 0 Å². The number of rotatable bonds is 6. The average molecular weight is 258 g/mol. The minimum absolute atomic E-state index is 0.546. The zero-order valence-electron chi connectivity index (χ0n) is 11.9. The molecular weight excluding hydrogens is 236 g/mol. The Hall–Kier alpha value is -1.52. The van der Waals surface area contributed by atoms with Crippen molar-refractivity contribution in [3.05, 3.63) is 36.2 Å². The van der Waals surface area contributed by atoms with Crippen LogP contribution in [0.4, 0.5) is 0 Å². The van der Waals surface area contributed by atoms with Gasteiger partial charge in [0, 0.05) is 38.1 Å². The second-order valence-electron chi connectivity index (χ2n) is 5.23. The van der Waals surface area contributed by atoms with Gasteiger partial charge in [-0.3, -0.25) is 9.97 Å². The topological polar surface area (TPSA) is 41.0 Å². The van der Waals surface area contributed by atoms with Crippen molar-refractivity contribution < 1.29 is 0 Å². The van der Waals surface area contributed by atoms with Gasteiger partial charge in [0.15, 0.2) is 0 Å². The Labute approximate surface area is 114 Å². The van der Waals surface area contributed by atoms with Gasteiger partial charge in [-0.05, 0) is 24.7 Å². The SMILES string of the molecule is CC(C)NCCN(C)Cc1ccc2nccnc2c1. The molecule has 102 valence electrons. The second kappa shape index (κ2) is 6.59. The van der Waals surface area contributed by atoms with Crippen LogP contribution in [0.25, 0.3) is 11.0 Å². The highest BCUT2D eigenvalue weighted by molar-refractivity contribution is 5.74. The summed E-state index contributed by atoms with van der Waals surface area (Å²) in [5.41, 5.74) is 3.20. The zero-order valence-corrected chi connectivity index (χ0v) is 11.9. The second-order valence-corrected chi connectivity index (χ2v) is 5.23. The lowest BCUT2D eigenvalue weighted by molar-refractivity contribution is 0.320. The van der Waals surface area contributed by atoms with Crippen LogP contribution in [0.5, 0.6) is 0 Å². The molecule has 0 fully saturated rings. The van der Waals surface area contributed by atoms with Crippen LogP contribution in [0.1, 0.15) is 19.4 Å². The number of hydrogen-bond acceptors (Lipinski definition) is 4. The molecule has 1 heterocycles.